The monoisotopic (exact) mass is 369 g/mol. The molecule has 0 aliphatic rings. The van der Waals surface area contributed by atoms with Gasteiger partial charge in [-0.3, -0.25) is 0 Å². The van der Waals surface area contributed by atoms with E-state index in [2.05, 4.69) is 20.6 Å². The number of benzene rings is 1. The van der Waals surface area contributed by atoms with Crippen molar-refractivity contribution in [3.63, 3.8) is 0 Å². The molecular formula is C17H22F3N5O. The molecule has 2 aromatic rings. The minimum absolute atomic E-state index is 0.0516. The number of hydrogen-bond acceptors (Lipinski definition) is 6. The Bertz CT molecular complexity index is 722. The molecule has 26 heavy (non-hydrogen) atoms. The first-order chi connectivity index (χ1) is 12.3. The average Bonchev–Trinajstić information content (AvgIpc) is 2.58. The Morgan fingerprint density at radius 3 is 2.58 bits per heavy atom. The summed E-state index contributed by atoms with van der Waals surface area (Å²) in [4.78, 5) is 9.69. The highest BCUT2D eigenvalue weighted by Gasteiger charge is 2.33. The van der Waals surface area contributed by atoms with E-state index in [1.807, 2.05) is 19.0 Å². The van der Waals surface area contributed by atoms with E-state index in [4.69, 9.17) is 4.74 Å². The van der Waals surface area contributed by atoms with E-state index in [9.17, 15) is 13.2 Å². The van der Waals surface area contributed by atoms with Crippen LogP contribution in [0.3, 0.4) is 0 Å². The Hall–Kier alpha value is -2.55. The molecule has 0 saturated carbocycles. The van der Waals surface area contributed by atoms with Crippen LogP contribution in [0.1, 0.15) is 12.1 Å². The topological polar surface area (TPSA) is 62.3 Å². The lowest BCUT2D eigenvalue weighted by atomic mass is 10.3. The minimum atomic E-state index is -4.56. The van der Waals surface area contributed by atoms with Crippen molar-refractivity contribution in [2.24, 2.45) is 0 Å². The second kappa shape index (κ2) is 8.70. The highest BCUT2D eigenvalue weighted by atomic mass is 19.4. The minimum Gasteiger partial charge on any atom is -0.497 e. The van der Waals surface area contributed by atoms with Crippen molar-refractivity contribution in [1.29, 1.82) is 0 Å². The summed E-state index contributed by atoms with van der Waals surface area (Å²) in [6, 6.07) is 7.73. The molecule has 9 heteroatoms. The first-order valence-electron chi connectivity index (χ1n) is 8.04. The van der Waals surface area contributed by atoms with Gasteiger partial charge in [0.1, 0.15) is 11.6 Å². The molecule has 0 aliphatic carbocycles. The lowest BCUT2D eigenvalue weighted by molar-refractivity contribution is -0.141. The van der Waals surface area contributed by atoms with Crippen molar-refractivity contribution in [3.8, 4) is 5.75 Å². The van der Waals surface area contributed by atoms with Gasteiger partial charge in [-0.05, 0) is 39.2 Å². The molecule has 1 aromatic carbocycles. The molecule has 0 saturated heterocycles. The highest BCUT2D eigenvalue weighted by molar-refractivity contribution is 5.59. The van der Waals surface area contributed by atoms with E-state index in [1.165, 1.54) is 7.11 Å². The van der Waals surface area contributed by atoms with Crippen molar-refractivity contribution in [2.75, 3.05) is 44.9 Å². The zero-order valence-electron chi connectivity index (χ0n) is 14.9. The van der Waals surface area contributed by atoms with Crippen molar-refractivity contribution in [3.05, 3.63) is 36.0 Å². The standard InChI is InChI=1S/C17H22F3N5O/c1-25(2)9-5-8-21-16-23-14(17(18,19)20)11-15(24-16)22-12-6-4-7-13(10-12)26-3/h4,6-7,10-11H,5,8-9H2,1-3H3,(H2,21,22,23,24). The van der Waals surface area contributed by atoms with Crippen LogP contribution in [0.15, 0.2) is 30.3 Å². The maximum absolute atomic E-state index is 13.1. The molecule has 1 heterocycles. The molecule has 2 N–H and O–H groups in total. The van der Waals surface area contributed by atoms with Gasteiger partial charge in [0.2, 0.25) is 5.95 Å². The Labute approximate surface area is 150 Å². The number of rotatable bonds is 8. The SMILES string of the molecule is COc1cccc(Nc2cc(C(F)(F)F)nc(NCCCN(C)C)n2)c1. The summed E-state index contributed by atoms with van der Waals surface area (Å²) in [5, 5.41) is 5.71. The van der Waals surface area contributed by atoms with Crippen molar-refractivity contribution < 1.29 is 17.9 Å². The molecule has 0 unspecified atom stereocenters. The molecule has 0 spiro atoms. The van der Waals surface area contributed by atoms with Gasteiger partial charge in [0.05, 0.1) is 7.11 Å². The maximum Gasteiger partial charge on any atom is 0.433 e. The predicted molar refractivity (Wildman–Crippen MR) is 95.0 cm³/mol. The normalized spacial score (nSPS) is 11.5. The van der Waals surface area contributed by atoms with E-state index >= 15 is 0 Å². The summed E-state index contributed by atoms with van der Waals surface area (Å²) < 4.78 is 44.5. The smallest absolute Gasteiger partial charge is 0.433 e. The summed E-state index contributed by atoms with van der Waals surface area (Å²) in [6.07, 6.45) is -3.81. The third-order valence-electron chi connectivity index (χ3n) is 3.42. The second-order valence-electron chi connectivity index (χ2n) is 5.90. The van der Waals surface area contributed by atoms with E-state index in [0.29, 0.717) is 18.0 Å². The molecule has 0 radical (unpaired) electrons. The number of aromatic nitrogens is 2. The van der Waals surface area contributed by atoms with E-state index in [0.717, 1.165) is 19.0 Å². The third kappa shape index (κ3) is 6.07. The van der Waals surface area contributed by atoms with Gasteiger partial charge in [0.15, 0.2) is 5.69 Å². The van der Waals surface area contributed by atoms with Crippen molar-refractivity contribution >= 4 is 17.5 Å². The maximum atomic E-state index is 13.1. The molecule has 0 fully saturated rings. The fourth-order valence-electron chi connectivity index (χ4n) is 2.18. The molecule has 1 aromatic heterocycles. The lowest BCUT2D eigenvalue weighted by Crippen LogP contribution is -2.18. The number of nitrogens with one attached hydrogen (secondary N) is 2. The number of ether oxygens (including phenoxy) is 1. The largest absolute Gasteiger partial charge is 0.497 e. The first kappa shape index (κ1) is 19.8. The predicted octanol–water partition coefficient (Wildman–Crippen LogP) is 3.61. The van der Waals surface area contributed by atoms with Crippen molar-refractivity contribution in [1.82, 2.24) is 14.9 Å². The molecule has 6 nitrogen and oxygen atoms in total. The van der Waals surface area contributed by atoms with E-state index < -0.39 is 11.9 Å². The van der Waals surface area contributed by atoms with Crippen LogP contribution in [-0.2, 0) is 6.18 Å². The van der Waals surface area contributed by atoms with Crippen LogP contribution in [0.25, 0.3) is 0 Å². The van der Waals surface area contributed by atoms with E-state index in [1.54, 1.807) is 24.3 Å². The molecule has 142 valence electrons. The van der Waals surface area contributed by atoms with Gasteiger partial charge in [-0.2, -0.15) is 18.2 Å². The van der Waals surface area contributed by atoms with Crippen LogP contribution in [0.2, 0.25) is 0 Å². The van der Waals surface area contributed by atoms with Crippen molar-refractivity contribution in [2.45, 2.75) is 12.6 Å². The van der Waals surface area contributed by atoms with Gasteiger partial charge in [0.25, 0.3) is 0 Å². The van der Waals surface area contributed by atoms with Gasteiger partial charge in [-0.15, -0.1) is 0 Å². The molecule has 0 atom stereocenters. The average molecular weight is 369 g/mol. The molecule has 0 aliphatic heterocycles. The van der Waals surface area contributed by atoms with Crippen LogP contribution >= 0.6 is 0 Å². The number of methoxy groups -OCH3 is 1. The molecule has 2 rings (SSSR count). The number of alkyl halides is 3. The number of nitrogens with zero attached hydrogens (tertiary/aromatic N) is 3. The number of halogens is 3. The fraction of sp³-hybridized carbons (Fsp3) is 0.412. The molecule has 0 amide bonds. The van der Waals surface area contributed by atoms with Crippen LogP contribution in [-0.4, -0.2) is 49.2 Å². The molecular weight excluding hydrogens is 347 g/mol. The van der Waals surface area contributed by atoms with Gasteiger partial charge >= 0.3 is 6.18 Å². The summed E-state index contributed by atoms with van der Waals surface area (Å²) in [5.74, 6) is 0.571. The summed E-state index contributed by atoms with van der Waals surface area (Å²) in [5.41, 5.74) is -0.442. The third-order valence-corrected chi connectivity index (χ3v) is 3.42. The summed E-state index contributed by atoms with van der Waals surface area (Å²) >= 11 is 0. The molecule has 0 bridgehead atoms. The number of hydrogen-bond donors (Lipinski definition) is 2. The zero-order chi connectivity index (χ0) is 19.2. The van der Waals surface area contributed by atoms with E-state index in [-0.39, 0.29) is 11.8 Å². The summed E-state index contributed by atoms with van der Waals surface area (Å²) in [6.45, 7) is 1.28. The quantitative estimate of drug-likeness (QED) is 0.693. The van der Waals surface area contributed by atoms with Gasteiger partial charge < -0.3 is 20.3 Å². The Morgan fingerprint density at radius 1 is 1.15 bits per heavy atom. The van der Waals surface area contributed by atoms with Gasteiger partial charge in [-0.1, -0.05) is 6.07 Å². The van der Waals surface area contributed by atoms with Gasteiger partial charge in [0, 0.05) is 24.4 Å². The van der Waals surface area contributed by atoms with Crippen LogP contribution in [0.5, 0.6) is 5.75 Å². The Morgan fingerprint density at radius 2 is 1.92 bits per heavy atom. The fourth-order valence-corrected chi connectivity index (χ4v) is 2.18. The lowest BCUT2D eigenvalue weighted by Gasteiger charge is -2.14. The van der Waals surface area contributed by atoms with Crippen LogP contribution in [0, 0.1) is 0 Å². The number of anilines is 3. The van der Waals surface area contributed by atoms with Gasteiger partial charge in [-0.25, -0.2) is 4.98 Å². The Kier molecular flexibility index (Phi) is 6.62. The highest BCUT2D eigenvalue weighted by Crippen LogP contribution is 2.30. The second-order valence-corrected chi connectivity index (χ2v) is 5.90. The first-order valence-corrected chi connectivity index (χ1v) is 8.04. The summed E-state index contributed by atoms with van der Waals surface area (Å²) in [7, 11) is 5.37. The van der Waals surface area contributed by atoms with Crippen LogP contribution < -0.4 is 15.4 Å². The Balaban J connectivity index is 2.19. The zero-order valence-corrected chi connectivity index (χ0v) is 14.9. The van der Waals surface area contributed by atoms with Crippen LogP contribution in [0.4, 0.5) is 30.6 Å².